The number of hydrogen-bond acceptors (Lipinski definition) is 3. The average Bonchev–Trinajstić information content (AvgIpc) is 2.34. The number of alkyl halides is 3. The van der Waals surface area contributed by atoms with Crippen molar-refractivity contribution in [2.45, 2.75) is 6.18 Å². The predicted octanol–water partition coefficient (Wildman–Crippen LogP) is 4.46. The fourth-order valence-corrected chi connectivity index (χ4v) is 2.33. The molecule has 0 saturated heterocycles. The lowest BCUT2D eigenvalue weighted by Gasteiger charge is -2.06. The number of hydrogen-bond donors (Lipinski definition) is 0. The molecule has 0 aliphatic carbocycles. The van der Waals surface area contributed by atoms with Crippen LogP contribution in [-0.4, -0.2) is 18.3 Å². The summed E-state index contributed by atoms with van der Waals surface area (Å²) >= 11 is 2.85. The summed E-state index contributed by atoms with van der Waals surface area (Å²) in [7, 11) is 0. The lowest BCUT2D eigenvalue weighted by molar-refractivity contribution is -0.137. The normalized spacial score (nSPS) is 11.2. The molecule has 1 aromatic rings. The molecule has 0 aliphatic heterocycles. The van der Waals surface area contributed by atoms with E-state index in [0.29, 0.717) is 0 Å². The fourth-order valence-electron chi connectivity index (χ4n) is 1.22. The lowest BCUT2D eigenvalue weighted by atomic mass is 10.1. The molecule has 0 atom stereocenters. The topological polar surface area (TPSA) is 17.1 Å². The van der Waals surface area contributed by atoms with Crippen molar-refractivity contribution >= 4 is 29.3 Å². The van der Waals surface area contributed by atoms with Crippen molar-refractivity contribution in [3.05, 3.63) is 45.7 Å². The van der Waals surface area contributed by atoms with Crippen molar-refractivity contribution in [1.29, 1.82) is 0 Å². The summed E-state index contributed by atoms with van der Waals surface area (Å²) in [5.41, 5.74) is -0.499. The summed E-state index contributed by atoms with van der Waals surface area (Å²) in [6, 6.07) is 4.22. The highest BCUT2D eigenvalue weighted by Crippen LogP contribution is 2.29. The first-order valence-electron chi connectivity index (χ1n) is 4.89. The standard InChI is InChI=1S/C12H11F3OS2/c1-17-11(18-2)7-10(16)8-3-5-9(6-4-8)12(13,14)15/h3-7H,1-2H3. The molecule has 0 N–H and O–H groups in total. The van der Waals surface area contributed by atoms with E-state index >= 15 is 0 Å². The van der Waals surface area contributed by atoms with Crippen molar-refractivity contribution in [1.82, 2.24) is 0 Å². The van der Waals surface area contributed by atoms with Crippen LogP contribution in [0.5, 0.6) is 0 Å². The molecule has 1 aromatic carbocycles. The van der Waals surface area contributed by atoms with Crippen LogP contribution in [0.4, 0.5) is 13.2 Å². The number of allylic oxidation sites excluding steroid dienone is 1. The predicted molar refractivity (Wildman–Crippen MR) is 70.9 cm³/mol. The van der Waals surface area contributed by atoms with Crippen LogP contribution in [0.25, 0.3) is 0 Å². The number of carbonyl (C=O) groups is 1. The van der Waals surface area contributed by atoms with Gasteiger partial charge >= 0.3 is 6.18 Å². The third kappa shape index (κ3) is 4.10. The van der Waals surface area contributed by atoms with Crippen molar-refractivity contribution in [2.24, 2.45) is 0 Å². The van der Waals surface area contributed by atoms with Gasteiger partial charge in [0.2, 0.25) is 0 Å². The van der Waals surface area contributed by atoms with Crippen LogP contribution in [0.2, 0.25) is 0 Å². The van der Waals surface area contributed by atoms with Gasteiger partial charge in [0.1, 0.15) is 0 Å². The molecular weight excluding hydrogens is 281 g/mol. The maximum atomic E-state index is 12.3. The first-order chi connectivity index (χ1) is 8.38. The summed E-state index contributed by atoms with van der Waals surface area (Å²) in [5.74, 6) is -0.289. The van der Waals surface area contributed by atoms with E-state index in [-0.39, 0.29) is 11.3 Å². The Morgan fingerprint density at radius 3 is 2.00 bits per heavy atom. The van der Waals surface area contributed by atoms with Crippen LogP contribution in [0.1, 0.15) is 15.9 Å². The molecule has 0 fully saturated rings. The summed E-state index contributed by atoms with van der Waals surface area (Å²) in [6.07, 6.45) is 0.726. The zero-order chi connectivity index (χ0) is 13.8. The largest absolute Gasteiger partial charge is 0.416 e. The van der Waals surface area contributed by atoms with Crippen molar-refractivity contribution in [3.8, 4) is 0 Å². The molecule has 0 saturated carbocycles. The van der Waals surface area contributed by atoms with Crippen molar-refractivity contribution < 1.29 is 18.0 Å². The van der Waals surface area contributed by atoms with Gasteiger partial charge in [0.05, 0.1) is 5.56 Å². The summed E-state index contributed by atoms with van der Waals surface area (Å²) in [5, 5.41) is 0. The molecule has 0 heterocycles. The number of rotatable bonds is 4. The Labute approximate surface area is 112 Å². The van der Waals surface area contributed by atoms with Gasteiger partial charge in [-0.25, -0.2) is 0 Å². The molecule has 0 amide bonds. The van der Waals surface area contributed by atoms with Gasteiger partial charge in [-0.15, -0.1) is 23.5 Å². The number of thioether (sulfide) groups is 2. The summed E-state index contributed by atoms with van der Waals surface area (Å²) in [6.45, 7) is 0. The maximum Gasteiger partial charge on any atom is 0.416 e. The van der Waals surface area contributed by atoms with E-state index < -0.39 is 11.7 Å². The molecule has 18 heavy (non-hydrogen) atoms. The second-order valence-corrected chi connectivity index (χ2v) is 5.27. The zero-order valence-corrected chi connectivity index (χ0v) is 11.4. The molecule has 1 nitrogen and oxygen atoms in total. The van der Waals surface area contributed by atoms with Crippen LogP contribution in [0.15, 0.2) is 34.6 Å². The molecule has 0 bridgehead atoms. The minimum absolute atomic E-state index is 0.253. The maximum absolute atomic E-state index is 12.3. The fraction of sp³-hybridized carbons (Fsp3) is 0.250. The third-order valence-electron chi connectivity index (χ3n) is 2.15. The first-order valence-corrected chi connectivity index (χ1v) is 7.34. The van der Waals surface area contributed by atoms with E-state index in [9.17, 15) is 18.0 Å². The number of benzene rings is 1. The highest BCUT2D eigenvalue weighted by molar-refractivity contribution is 8.21. The zero-order valence-electron chi connectivity index (χ0n) is 9.75. The van der Waals surface area contributed by atoms with Gasteiger partial charge < -0.3 is 0 Å². The second kappa shape index (κ2) is 6.33. The summed E-state index contributed by atoms with van der Waals surface area (Å²) in [4.78, 5) is 11.7. The van der Waals surface area contributed by atoms with E-state index in [1.165, 1.54) is 41.7 Å². The van der Waals surface area contributed by atoms with Crippen LogP contribution in [0, 0.1) is 0 Å². The summed E-state index contributed by atoms with van der Waals surface area (Å²) < 4.78 is 37.8. The Morgan fingerprint density at radius 2 is 1.61 bits per heavy atom. The number of carbonyl (C=O) groups excluding carboxylic acids is 1. The second-order valence-electron chi connectivity index (χ2n) is 3.31. The van der Waals surface area contributed by atoms with Gasteiger partial charge in [0, 0.05) is 15.9 Å². The number of halogens is 3. The van der Waals surface area contributed by atoms with E-state index in [4.69, 9.17) is 0 Å². The highest BCUT2D eigenvalue weighted by atomic mass is 32.2. The minimum Gasteiger partial charge on any atom is -0.289 e. The first kappa shape index (κ1) is 15.2. The van der Waals surface area contributed by atoms with E-state index in [1.807, 2.05) is 12.5 Å². The van der Waals surface area contributed by atoms with Crippen molar-refractivity contribution in [3.63, 3.8) is 0 Å². The van der Waals surface area contributed by atoms with Gasteiger partial charge in [-0.3, -0.25) is 4.79 Å². The van der Waals surface area contributed by atoms with Crippen LogP contribution in [0.3, 0.4) is 0 Å². The van der Waals surface area contributed by atoms with Crippen LogP contribution >= 0.6 is 23.5 Å². The SMILES string of the molecule is CSC(=CC(=O)c1ccc(C(F)(F)F)cc1)SC. The van der Waals surface area contributed by atoms with E-state index in [2.05, 4.69) is 0 Å². The van der Waals surface area contributed by atoms with Crippen LogP contribution < -0.4 is 0 Å². The Hall–Kier alpha value is -0.880. The van der Waals surface area contributed by atoms with Crippen molar-refractivity contribution in [2.75, 3.05) is 12.5 Å². The van der Waals surface area contributed by atoms with Gasteiger partial charge in [0.15, 0.2) is 5.78 Å². The quantitative estimate of drug-likeness (QED) is 0.602. The van der Waals surface area contributed by atoms with Crippen LogP contribution in [-0.2, 0) is 6.18 Å². The average molecular weight is 292 g/mol. The Morgan fingerprint density at radius 1 is 1.11 bits per heavy atom. The molecule has 0 unspecified atom stereocenters. The molecule has 0 radical (unpaired) electrons. The Kier molecular flexibility index (Phi) is 5.34. The highest BCUT2D eigenvalue weighted by Gasteiger charge is 2.30. The Bertz CT molecular complexity index is 443. The van der Waals surface area contributed by atoms with Gasteiger partial charge in [0.25, 0.3) is 0 Å². The molecule has 0 spiro atoms. The van der Waals surface area contributed by atoms with Gasteiger partial charge in [-0.1, -0.05) is 12.1 Å². The molecule has 1 rings (SSSR count). The van der Waals surface area contributed by atoms with E-state index in [1.54, 1.807) is 0 Å². The van der Waals surface area contributed by atoms with E-state index in [0.717, 1.165) is 16.4 Å². The monoisotopic (exact) mass is 292 g/mol. The smallest absolute Gasteiger partial charge is 0.289 e. The van der Waals surface area contributed by atoms with Gasteiger partial charge in [-0.2, -0.15) is 13.2 Å². The molecule has 98 valence electrons. The third-order valence-corrected chi connectivity index (χ3v) is 4.19. The lowest BCUT2D eigenvalue weighted by Crippen LogP contribution is -2.05. The number of ketones is 1. The molecule has 6 heteroatoms. The molecular formula is C12H11F3OS2. The minimum atomic E-state index is -4.37. The van der Waals surface area contributed by atoms with Gasteiger partial charge in [-0.05, 0) is 24.6 Å². The molecule has 0 aliphatic rings. The Balaban J connectivity index is 2.93. The molecule has 0 aromatic heterocycles.